The van der Waals surface area contributed by atoms with Gasteiger partial charge in [-0.1, -0.05) is 126 Å². The van der Waals surface area contributed by atoms with Crippen LogP contribution in [0.25, 0.3) is 45.0 Å². The van der Waals surface area contributed by atoms with Gasteiger partial charge in [0, 0.05) is 22.1 Å². The second-order valence-electron chi connectivity index (χ2n) is 11.6. The summed E-state index contributed by atoms with van der Waals surface area (Å²) in [4.78, 5) is 10.1. The van der Waals surface area contributed by atoms with E-state index in [0.29, 0.717) is 0 Å². The molecule has 1 aliphatic rings. The Labute approximate surface area is 220 Å². The lowest BCUT2D eigenvalue weighted by Gasteiger charge is -2.22. The minimum absolute atomic E-state index is 0.0527. The Morgan fingerprint density at radius 1 is 0.541 bits per heavy atom. The van der Waals surface area contributed by atoms with E-state index >= 15 is 0 Å². The van der Waals surface area contributed by atoms with Crippen molar-refractivity contribution in [2.75, 3.05) is 0 Å². The maximum Gasteiger partial charge on any atom is 0.160 e. The minimum Gasteiger partial charge on any atom is -0.228 e. The molecule has 1 aromatic heterocycles. The molecule has 1 heterocycles. The van der Waals surface area contributed by atoms with Gasteiger partial charge >= 0.3 is 0 Å². The van der Waals surface area contributed by atoms with Gasteiger partial charge in [-0.3, -0.25) is 0 Å². The molecule has 0 N–H and O–H groups in total. The lowest BCUT2D eigenvalue weighted by atomic mass is 9.82. The van der Waals surface area contributed by atoms with Gasteiger partial charge in [-0.15, -0.1) is 0 Å². The van der Waals surface area contributed by atoms with Gasteiger partial charge in [0.25, 0.3) is 0 Å². The number of rotatable bonds is 3. The Balaban J connectivity index is 1.50. The maximum absolute atomic E-state index is 5.07. The van der Waals surface area contributed by atoms with Crippen LogP contribution in [0.4, 0.5) is 0 Å². The molecule has 182 valence electrons. The Hall–Kier alpha value is -4.04. The highest BCUT2D eigenvalue weighted by molar-refractivity contribution is 5.83. The molecule has 4 aromatic carbocycles. The van der Waals surface area contributed by atoms with E-state index in [1.54, 1.807) is 0 Å². The summed E-state index contributed by atoms with van der Waals surface area (Å²) in [7, 11) is 0. The molecule has 0 spiro atoms. The van der Waals surface area contributed by atoms with E-state index in [9.17, 15) is 0 Å². The summed E-state index contributed by atoms with van der Waals surface area (Å²) in [5.41, 5.74) is 11.9. The van der Waals surface area contributed by atoms with Crippen molar-refractivity contribution in [1.29, 1.82) is 0 Å². The highest BCUT2D eigenvalue weighted by atomic mass is 14.9. The summed E-state index contributed by atoms with van der Waals surface area (Å²) in [5.74, 6) is 0.746. The average molecular weight is 481 g/mol. The number of benzene rings is 4. The van der Waals surface area contributed by atoms with Crippen LogP contribution in [-0.2, 0) is 10.8 Å². The Morgan fingerprint density at radius 3 is 1.84 bits per heavy atom. The van der Waals surface area contributed by atoms with Crippen molar-refractivity contribution < 1.29 is 0 Å². The summed E-state index contributed by atoms with van der Waals surface area (Å²) in [6.45, 7) is 11.4. The van der Waals surface area contributed by atoms with Crippen molar-refractivity contribution >= 4 is 0 Å². The SMILES string of the molecule is CC(C)(C)c1ccc(-c2cc(-c3ccc4c(c3)C(C)(C)c3ccccc3-4)nc(-c3ccccc3)n2)cc1. The third kappa shape index (κ3) is 4.07. The molecule has 0 saturated heterocycles. The number of nitrogens with zero attached hydrogens (tertiary/aromatic N) is 2. The number of aromatic nitrogens is 2. The smallest absolute Gasteiger partial charge is 0.160 e. The second kappa shape index (κ2) is 8.52. The summed E-state index contributed by atoms with van der Waals surface area (Å²) >= 11 is 0. The third-order valence-electron chi connectivity index (χ3n) is 7.68. The third-order valence-corrected chi connectivity index (χ3v) is 7.68. The van der Waals surface area contributed by atoms with Crippen molar-refractivity contribution in [2.45, 2.75) is 45.4 Å². The van der Waals surface area contributed by atoms with Crippen molar-refractivity contribution in [3.63, 3.8) is 0 Å². The van der Waals surface area contributed by atoms with Crippen LogP contribution in [-0.4, -0.2) is 9.97 Å². The first kappa shape index (κ1) is 23.4. The van der Waals surface area contributed by atoms with E-state index in [1.165, 1.54) is 27.8 Å². The van der Waals surface area contributed by atoms with Crippen molar-refractivity contribution in [3.8, 4) is 45.0 Å². The number of fused-ring (bicyclic) bond motifs is 3. The highest BCUT2D eigenvalue weighted by Crippen LogP contribution is 2.49. The fraction of sp³-hybridized carbons (Fsp3) is 0.200. The van der Waals surface area contributed by atoms with Gasteiger partial charge in [0.2, 0.25) is 0 Å². The minimum atomic E-state index is -0.0527. The van der Waals surface area contributed by atoms with Gasteiger partial charge in [-0.05, 0) is 45.4 Å². The molecule has 0 bridgehead atoms. The molecule has 0 fully saturated rings. The molecule has 0 radical (unpaired) electrons. The molecule has 1 aliphatic carbocycles. The quantitative estimate of drug-likeness (QED) is 0.257. The maximum atomic E-state index is 5.07. The van der Waals surface area contributed by atoms with E-state index < -0.39 is 0 Å². The van der Waals surface area contributed by atoms with Gasteiger partial charge in [0.15, 0.2) is 5.82 Å². The van der Waals surface area contributed by atoms with Crippen LogP contribution in [0.5, 0.6) is 0 Å². The molecule has 0 saturated carbocycles. The zero-order valence-corrected chi connectivity index (χ0v) is 22.2. The van der Waals surface area contributed by atoms with Gasteiger partial charge < -0.3 is 0 Å². The van der Waals surface area contributed by atoms with Gasteiger partial charge in [-0.2, -0.15) is 0 Å². The molecule has 5 aromatic rings. The van der Waals surface area contributed by atoms with Crippen LogP contribution in [0, 0.1) is 0 Å². The first-order valence-electron chi connectivity index (χ1n) is 13.0. The summed E-state index contributed by atoms with van der Waals surface area (Å²) in [6.07, 6.45) is 0. The van der Waals surface area contributed by atoms with E-state index in [1.807, 2.05) is 18.2 Å². The molecule has 0 atom stereocenters. The largest absolute Gasteiger partial charge is 0.228 e. The molecule has 2 heteroatoms. The summed E-state index contributed by atoms with van der Waals surface area (Å²) < 4.78 is 0. The fourth-order valence-electron chi connectivity index (χ4n) is 5.46. The van der Waals surface area contributed by atoms with Gasteiger partial charge in [-0.25, -0.2) is 9.97 Å². The normalized spacial score (nSPS) is 13.8. The van der Waals surface area contributed by atoms with Crippen molar-refractivity contribution in [3.05, 3.63) is 120 Å². The van der Waals surface area contributed by atoms with Crippen LogP contribution in [0.2, 0.25) is 0 Å². The Kier molecular flexibility index (Phi) is 5.38. The van der Waals surface area contributed by atoms with Crippen LogP contribution < -0.4 is 0 Å². The number of hydrogen-bond donors (Lipinski definition) is 0. The second-order valence-corrected chi connectivity index (χ2v) is 11.6. The predicted octanol–water partition coefficient (Wildman–Crippen LogP) is 9.08. The fourth-order valence-corrected chi connectivity index (χ4v) is 5.46. The van der Waals surface area contributed by atoms with E-state index in [0.717, 1.165) is 33.9 Å². The molecule has 6 rings (SSSR count). The lowest BCUT2D eigenvalue weighted by molar-refractivity contribution is 0.590. The van der Waals surface area contributed by atoms with Crippen LogP contribution in [0.1, 0.15) is 51.3 Å². The Bertz CT molecular complexity index is 1600. The van der Waals surface area contributed by atoms with Crippen LogP contribution >= 0.6 is 0 Å². The highest BCUT2D eigenvalue weighted by Gasteiger charge is 2.35. The topological polar surface area (TPSA) is 25.8 Å². The Morgan fingerprint density at radius 2 is 1.14 bits per heavy atom. The average Bonchev–Trinajstić information content (AvgIpc) is 3.15. The standard InChI is InChI=1S/C35H32N2/c1-34(2,3)26-18-15-23(16-19-26)31-22-32(37-33(36-31)24-11-7-6-8-12-24)25-17-20-28-27-13-9-10-14-29(27)35(4,5)30(28)21-25/h6-22H,1-5H3. The van der Waals surface area contributed by atoms with Crippen LogP contribution in [0.3, 0.4) is 0 Å². The number of hydrogen-bond acceptors (Lipinski definition) is 2. The van der Waals surface area contributed by atoms with E-state index in [2.05, 4.69) is 120 Å². The molecular weight excluding hydrogens is 448 g/mol. The van der Waals surface area contributed by atoms with E-state index in [4.69, 9.17) is 9.97 Å². The first-order chi connectivity index (χ1) is 17.7. The van der Waals surface area contributed by atoms with Crippen molar-refractivity contribution in [1.82, 2.24) is 9.97 Å². The molecule has 0 amide bonds. The van der Waals surface area contributed by atoms with Crippen LogP contribution in [0.15, 0.2) is 103 Å². The molecular formula is C35H32N2. The van der Waals surface area contributed by atoms with Crippen molar-refractivity contribution in [2.24, 2.45) is 0 Å². The first-order valence-corrected chi connectivity index (χ1v) is 13.0. The molecule has 0 aliphatic heterocycles. The molecule has 37 heavy (non-hydrogen) atoms. The summed E-state index contributed by atoms with van der Waals surface area (Å²) in [6, 6.07) is 36.8. The summed E-state index contributed by atoms with van der Waals surface area (Å²) in [5, 5.41) is 0. The molecule has 0 unspecified atom stereocenters. The zero-order valence-electron chi connectivity index (χ0n) is 22.2. The van der Waals surface area contributed by atoms with Gasteiger partial charge in [0.1, 0.15) is 0 Å². The monoisotopic (exact) mass is 480 g/mol. The zero-order chi connectivity index (χ0) is 25.8. The lowest BCUT2D eigenvalue weighted by Crippen LogP contribution is -2.14. The van der Waals surface area contributed by atoms with Gasteiger partial charge in [0.05, 0.1) is 11.4 Å². The molecule has 2 nitrogen and oxygen atoms in total. The van der Waals surface area contributed by atoms with E-state index in [-0.39, 0.29) is 10.8 Å². The predicted molar refractivity (Wildman–Crippen MR) is 155 cm³/mol.